The van der Waals surface area contributed by atoms with Crippen LogP contribution >= 0.6 is 27.5 Å². The summed E-state index contributed by atoms with van der Waals surface area (Å²) in [6.45, 7) is 3.89. The van der Waals surface area contributed by atoms with Gasteiger partial charge in [-0.3, -0.25) is 9.69 Å². The number of carbonyl (C=O) groups is 1. The summed E-state index contributed by atoms with van der Waals surface area (Å²) in [5.74, 6) is -0.716. The number of nitrogens with zero attached hydrogens (tertiary/aromatic N) is 1. The third-order valence-corrected chi connectivity index (χ3v) is 4.32. The van der Waals surface area contributed by atoms with Crippen molar-refractivity contribution in [2.24, 2.45) is 5.41 Å². The van der Waals surface area contributed by atoms with Crippen molar-refractivity contribution in [2.45, 2.75) is 19.9 Å². The number of likely N-dealkylation sites (tertiary alicyclic amines) is 1. The molecule has 1 saturated heterocycles. The predicted molar refractivity (Wildman–Crippen MR) is 74.8 cm³/mol. The Bertz CT molecular complexity index is 480. The van der Waals surface area contributed by atoms with Crippen LogP contribution in [0.1, 0.15) is 18.9 Å². The van der Waals surface area contributed by atoms with Gasteiger partial charge in [-0.15, -0.1) is 0 Å². The molecule has 1 N–H and O–H groups in total. The fourth-order valence-corrected chi connectivity index (χ4v) is 2.99. The van der Waals surface area contributed by atoms with Crippen molar-refractivity contribution in [3.8, 4) is 0 Å². The van der Waals surface area contributed by atoms with Gasteiger partial charge in [0.1, 0.15) is 0 Å². The Balaban J connectivity index is 2.06. The van der Waals surface area contributed by atoms with Crippen molar-refractivity contribution in [2.75, 3.05) is 13.1 Å². The molecule has 3 nitrogen and oxygen atoms in total. The lowest BCUT2D eigenvalue weighted by Crippen LogP contribution is -2.31. The molecule has 1 heterocycles. The molecule has 1 atom stereocenters. The van der Waals surface area contributed by atoms with Gasteiger partial charge in [-0.2, -0.15) is 0 Å². The summed E-state index contributed by atoms with van der Waals surface area (Å²) in [6.07, 6.45) is 0.691. The van der Waals surface area contributed by atoms with Gasteiger partial charge >= 0.3 is 5.97 Å². The van der Waals surface area contributed by atoms with E-state index in [1.807, 2.05) is 18.2 Å². The van der Waals surface area contributed by atoms with Gasteiger partial charge in [-0.05, 0) is 37.6 Å². The van der Waals surface area contributed by atoms with Crippen LogP contribution in [-0.2, 0) is 11.3 Å². The van der Waals surface area contributed by atoms with Gasteiger partial charge in [-0.1, -0.05) is 33.6 Å². The van der Waals surface area contributed by atoms with Crippen molar-refractivity contribution in [1.82, 2.24) is 4.90 Å². The average Bonchev–Trinajstić information content (AvgIpc) is 2.66. The minimum absolute atomic E-state index is 0.578. The van der Waals surface area contributed by atoms with Gasteiger partial charge in [0, 0.05) is 22.6 Å². The summed E-state index contributed by atoms with van der Waals surface area (Å²) in [5.41, 5.74) is 0.413. The highest BCUT2D eigenvalue weighted by Crippen LogP contribution is 2.32. The average molecular weight is 333 g/mol. The zero-order valence-electron chi connectivity index (χ0n) is 10.1. The topological polar surface area (TPSA) is 40.5 Å². The molecular weight excluding hydrogens is 318 g/mol. The lowest BCUT2D eigenvalue weighted by Gasteiger charge is -2.20. The summed E-state index contributed by atoms with van der Waals surface area (Å²) in [7, 11) is 0. The maximum atomic E-state index is 11.2. The van der Waals surface area contributed by atoms with Gasteiger partial charge < -0.3 is 5.11 Å². The van der Waals surface area contributed by atoms with Gasteiger partial charge in [0.15, 0.2) is 0 Å². The molecule has 0 saturated carbocycles. The highest BCUT2D eigenvalue weighted by atomic mass is 79.9. The van der Waals surface area contributed by atoms with E-state index in [2.05, 4.69) is 20.8 Å². The maximum Gasteiger partial charge on any atom is 0.310 e. The SMILES string of the molecule is CC1(C(=O)O)CCN(Cc2ccc(Br)cc2Cl)C1. The summed E-state index contributed by atoms with van der Waals surface area (Å²) >= 11 is 9.54. The standard InChI is InChI=1S/C13H15BrClNO2/c1-13(12(17)18)4-5-16(8-13)7-9-2-3-10(14)6-11(9)15/h2-3,6H,4-5,7-8H2,1H3,(H,17,18). The first kappa shape index (κ1) is 13.8. The third-order valence-electron chi connectivity index (χ3n) is 3.48. The Morgan fingerprint density at radius 2 is 2.33 bits per heavy atom. The minimum atomic E-state index is -0.716. The first-order valence-electron chi connectivity index (χ1n) is 5.80. The van der Waals surface area contributed by atoms with Crippen molar-refractivity contribution in [3.63, 3.8) is 0 Å². The molecule has 18 heavy (non-hydrogen) atoms. The minimum Gasteiger partial charge on any atom is -0.481 e. The Hall–Kier alpha value is -0.580. The Labute approximate surface area is 120 Å². The highest BCUT2D eigenvalue weighted by Gasteiger charge is 2.40. The molecular formula is C13H15BrClNO2. The molecule has 0 aromatic heterocycles. The van der Waals surface area contributed by atoms with E-state index in [4.69, 9.17) is 11.6 Å². The van der Waals surface area contributed by atoms with E-state index in [1.165, 1.54) is 0 Å². The summed E-state index contributed by atoms with van der Waals surface area (Å²) in [6, 6.07) is 5.79. The fraction of sp³-hybridized carbons (Fsp3) is 0.462. The predicted octanol–water partition coefficient (Wildman–Crippen LogP) is 3.40. The van der Waals surface area contributed by atoms with Crippen LogP contribution < -0.4 is 0 Å². The van der Waals surface area contributed by atoms with Crippen LogP contribution in [0.5, 0.6) is 0 Å². The number of rotatable bonds is 3. The van der Waals surface area contributed by atoms with Crippen LogP contribution in [0.25, 0.3) is 0 Å². The Morgan fingerprint density at radius 3 is 2.89 bits per heavy atom. The van der Waals surface area contributed by atoms with Gasteiger partial charge in [0.05, 0.1) is 5.41 Å². The summed E-state index contributed by atoms with van der Waals surface area (Å²) < 4.78 is 0.952. The van der Waals surface area contributed by atoms with E-state index >= 15 is 0 Å². The van der Waals surface area contributed by atoms with E-state index in [9.17, 15) is 9.90 Å². The molecule has 1 unspecified atom stereocenters. The lowest BCUT2D eigenvalue weighted by atomic mass is 9.90. The number of benzene rings is 1. The second-order valence-electron chi connectivity index (χ2n) is 5.06. The zero-order chi connectivity index (χ0) is 13.3. The van der Waals surface area contributed by atoms with Gasteiger partial charge in [0.2, 0.25) is 0 Å². The molecule has 1 aliphatic heterocycles. The van der Waals surface area contributed by atoms with Crippen LogP contribution in [0.2, 0.25) is 5.02 Å². The summed E-state index contributed by atoms with van der Waals surface area (Å²) in [4.78, 5) is 13.3. The fourth-order valence-electron chi connectivity index (χ4n) is 2.26. The van der Waals surface area contributed by atoms with Crippen molar-refractivity contribution in [3.05, 3.63) is 33.3 Å². The molecule has 5 heteroatoms. The largest absolute Gasteiger partial charge is 0.481 e. The number of halogens is 2. The summed E-state index contributed by atoms with van der Waals surface area (Å²) in [5, 5.41) is 9.90. The van der Waals surface area contributed by atoms with Crippen molar-refractivity contribution in [1.29, 1.82) is 0 Å². The van der Waals surface area contributed by atoms with E-state index in [0.29, 0.717) is 24.5 Å². The smallest absolute Gasteiger partial charge is 0.310 e. The molecule has 1 aromatic rings. The third kappa shape index (κ3) is 2.87. The number of hydrogen-bond donors (Lipinski definition) is 1. The van der Waals surface area contributed by atoms with Crippen LogP contribution in [-0.4, -0.2) is 29.1 Å². The molecule has 0 amide bonds. The number of aliphatic carboxylic acids is 1. The molecule has 0 radical (unpaired) electrons. The van der Waals surface area contributed by atoms with Crippen LogP contribution in [0.3, 0.4) is 0 Å². The molecule has 0 aliphatic carbocycles. The normalized spacial score (nSPS) is 24.4. The molecule has 1 fully saturated rings. The zero-order valence-corrected chi connectivity index (χ0v) is 12.5. The van der Waals surface area contributed by atoms with Crippen LogP contribution in [0.15, 0.2) is 22.7 Å². The van der Waals surface area contributed by atoms with Gasteiger partial charge in [-0.25, -0.2) is 0 Å². The molecule has 0 spiro atoms. The number of hydrogen-bond acceptors (Lipinski definition) is 2. The molecule has 2 rings (SSSR count). The van der Waals surface area contributed by atoms with Gasteiger partial charge in [0.25, 0.3) is 0 Å². The van der Waals surface area contributed by atoms with E-state index in [-0.39, 0.29) is 0 Å². The highest BCUT2D eigenvalue weighted by molar-refractivity contribution is 9.10. The first-order valence-corrected chi connectivity index (χ1v) is 6.97. The Kier molecular flexibility index (Phi) is 3.99. The van der Waals surface area contributed by atoms with E-state index in [0.717, 1.165) is 16.6 Å². The lowest BCUT2D eigenvalue weighted by molar-refractivity contribution is -0.147. The monoisotopic (exact) mass is 331 g/mol. The second-order valence-corrected chi connectivity index (χ2v) is 6.39. The van der Waals surface area contributed by atoms with Crippen LogP contribution in [0.4, 0.5) is 0 Å². The molecule has 98 valence electrons. The second kappa shape index (κ2) is 5.19. The quantitative estimate of drug-likeness (QED) is 0.922. The van der Waals surface area contributed by atoms with Crippen LogP contribution in [0, 0.1) is 5.41 Å². The molecule has 1 aromatic carbocycles. The van der Waals surface area contributed by atoms with Crippen molar-refractivity contribution < 1.29 is 9.90 Å². The Morgan fingerprint density at radius 1 is 1.61 bits per heavy atom. The first-order chi connectivity index (χ1) is 8.40. The maximum absolute atomic E-state index is 11.2. The van der Waals surface area contributed by atoms with E-state index in [1.54, 1.807) is 6.92 Å². The number of carboxylic acid groups (broad SMARTS) is 1. The number of carboxylic acids is 1. The molecule has 1 aliphatic rings. The van der Waals surface area contributed by atoms with E-state index < -0.39 is 11.4 Å². The van der Waals surface area contributed by atoms with Crippen molar-refractivity contribution >= 4 is 33.5 Å². The molecule has 0 bridgehead atoms.